The number of hydrogen-bond donors (Lipinski definition) is 0. The average molecular weight is 337 g/mol. The Hall–Kier alpha value is -2.11. The molecule has 24 heavy (non-hydrogen) atoms. The minimum absolute atomic E-state index is 0.766. The van der Waals surface area contributed by atoms with E-state index in [2.05, 4.69) is 63.4 Å². The van der Waals surface area contributed by atoms with Crippen molar-refractivity contribution in [3.63, 3.8) is 0 Å². The Kier molecular flexibility index (Phi) is 4.62. The molecule has 122 valence electrons. The standard InChI is InChI=1S/C19H19N3OS/c1-2-7-17-15(4-1)5-3-6-16(17)13-24-19-12-18(20-14-21-19)22-8-10-23-11-9-22/h1-7,12,14H,8-11,13H2. The maximum atomic E-state index is 5.41. The number of aromatic nitrogens is 2. The molecule has 0 saturated carbocycles. The summed E-state index contributed by atoms with van der Waals surface area (Å²) in [6.07, 6.45) is 1.66. The van der Waals surface area contributed by atoms with E-state index in [9.17, 15) is 0 Å². The summed E-state index contributed by atoms with van der Waals surface area (Å²) in [7, 11) is 0. The molecule has 0 unspecified atom stereocenters. The molecule has 2 heterocycles. The Morgan fingerprint density at radius 1 is 1.00 bits per heavy atom. The molecule has 0 amide bonds. The Balaban J connectivity index is 1.51. The molecule has 0 bridgehead atoms. The third-order valence-electron chi connectivity index (χ3n) is 4.22. The second-order valence-electron chi connectivity index (χ2n) is 5.74. The fourth-order valence-corrected chi connectivity index (χ4v) is 3.81. The smallest absolute Gasteiger partial charge is 0.133 e. The predicted octanol–water partition coefficient (Wildman–Crippen LogP) is 3.76. The molecule has 5 heteroatoms. The van der Waals surface area contributed by atoms with E-state index in [4.69, 9.17) is 4.74 Å². The van der Waals surface area contributed by atoms with Gasteiger partial charge in [-0.15, -0.1) is 11.8 Å². The lowest BCUT2D eigenvalue weighted by Gasteiger charge is -2.27. The number of fused-ring (bicyclic) bond motifs is 1. The number of ether oxygens (including phenoxy) is 1. The molecule has 4 rings (SSSR count). The summed E-state index contributed by atoms with van der Waals surface area (Å²) in [5.74, 6) is 1.90. The topological polar surface area (TPSA) is 38.2 Å². The highest BCUT2D eigenvalue weighted by Gasteiger charge is 2.13. The third kappa shape index (κ3) is 3.37. The van der Waals surface area contributed by atoms with Gasteiger partial charge in [-0.2, -0.15) is 0 Å². The summed E-state index contributed by atoms with van der Waals surface area (Å²) in [5.41, 5.74) is 1.34. The highest BCUT2D eigenvalue weighted by atomic mass is 32.2. The number of thioether (sulfide) groups is 1. The summed E-state index contributed by atoms with van der Waals surface area (Å²) in [5, 5.41) is 3.61. The van der Waals surface area contributed by atoms with Gasteiger partial charge in [0.25, 0.3) is 0 Å². The summed E-state index contributed by atoms with van der Waals surface area (Å²) in [6, 6.07) is 17.1. The lowest BCUT2D eigenvalue weighted by molar-refractivity contribution is 0.122. The third-order valence-corrected chi connectivity index (χ3v) is 5.19. The quantitative estimate of drug-likeness (QED) is 0.535. The van der Waals surface area contributed by atoms with E-state index in [1.807, 2.05) is 0 Å². The molecule has 1 aromatic heterocycles. The predicted molar refractivity (Wildman–Crippen MR) is 98.6 cm³/mol. The Bertz CT molecular complexity index is 828. The van der Waals surface area contributed by atoms with Gasteiger partial charge in [-0.05, 0) is 16.3 Å². The molecule has 1 aliphatic heterocycles. The van der Waals surface area contributed by atoms with Crippen LogP contribution in [0, 0.1) is 0 Å². The molecule has 0 aliphatic carbocycles. The van der Waals surface area contributed by atoms with Crippen molar-refractivity contribution in [3.8, 4) is 0 Å². The Morgan fingerprint density at radius 3 is 2.75 bits per heavy atom. The van der Waals surface area contributed by atoms with E-state index in [0.29, 0.717) is 0 Å². The van der Waals surface area contributed by atoms with E-state index in [0.717, 1.165) is 42.9 Å². The van der Waals surface area contributed by atoms with Gasteiger partial charge in [0.1, 0.15) is 17.2 Å². The minimum atomic E-state index is 0.766. The van der Waals surface area contributed by atoms with Gasteiger partial charge in [-0.1, -0.05) is 42.5 Å². The van der Waals surface area contributed by atoms with E-state index in [-0.39, 0.29) is 0 Å². The summed E-state index contributed by atoms with van der Waals surface area (Å²) >= 11 is 1.76. The number of nitrogens with zero attached hydrogens (tertiary/aromatic N) is 3. The zero-order valence-electron chi connectivity index (χ0n) is 13.4. The van der Waals surface area contributed by atoms with Crippen LogP contribution in [0.25, 0.3) is 10.8 Å². The summed E-state index contributed by atoms with van der Waals surface area (Å²) < 4.78 is 5.41. The van der Waals surface area contributed by atoms with Crippen molar-refractivity contribution in [3.05, 3.63) is 60.4 Å². The molecule has 0 N–H and O–H groups in total. The summed E-state index contributed by atoms with van der Waals surface area (Å²) in [4.78, 5) is 11.1. The van der Waals surface area contributed by atoms with Crippen molar-refractivity contribution in [1.82, 2.24) is 9.97 Å². The molecule has 1 fully saturated rings. The lowest BCUT2D eigenvalue weighted by Crippen LogP contribution is -2.36. The monoisotopic (exact) mass is 337 g/mol. The SMILES string of the molecule is c1ccc2c(CSc3cc(N4CCOCC4)ncn3)cccc2c1. The van der Waals surface area contributed by atoms with Crippen molar-refractivity contribution in [2.45, 2.75) is 10.8 Å². The lowest BCUT2D eigenvalue weighted by atomic mass is 10.1. The van der Waals surface area contributed by atoms with Crippen molar-refractivity contribution >= 4 is 28.4 Å². The van der Waals surface area contributed by atoms with E-state index >= 15 is 0 Å². The maximum absolute atomic E-state index is 5.41. The molecule has 0 atom stereocenters. The van der Waals surface area contributed by atoms with E-state index in [1.165, 1.54) is 16.3 Å². The minimum Gasteiger partial charge on any atom is -0.378 e. The van der Waals surface area contributed by atoms with Gasteiger partial charge in [-0.3, -0.25) is 0 Å². The molecule has 1 saturated heterocycles. The average Bonchev–Trinajstić information content (AvgIpc) is 2.67. The fraction of sp³-hybridized carbons (Fsp3) is 0.263. The second kappa shape index (κ2) is 7.20. The molecule has 2 aromatic carbocycles. The number of benzene rings is 2. The highest BCUT2D eigenvalue weighted by Crippen LogP contribution is 2.27. The van der Waals surface area contributed by atoms with Gasteiger partial charge in [0.2, 0.25) is 0 Å². The van der Waals surface area contributed by atoms with Crippen molar-refractivity contribution in [2.75, 3.05) is 31.2 Å². The van der Waals surface area contributed by atoms with Crippen LogP contribution >= 0.6 is 11.8 Å². The molecule has 0 spiro atoms. The number of hydrogen-bond acceptors (Lipinski definition) is 5. The van der Waals surface area contributed by atoms with Crippen LogP contribution in [0.1, 0.15) is 5.56 Å². The van der Waals surface area contributed by atoms with Gasteiger partial charge in [0, 0.05) is 24.9 Å². The maximum Gasteiger partial charge on any atom is 0.133 e. The highest BCUT2D eigenvalue weighted by molar-refractivity contribution is 7.98. The van der Waals surface area contributed by atoms with Crippen molar-refractivity contribution < 1.29 is 4.74 Å². The van der Waals surface area contributed by atoms with Gasteiger partial charge >= 0.3 is 0 Å². The zero-order chi connectivity index (χ0) is 16.2. The van der Waals surface area contributed by atoms with Crippen molar-refractivity contribution in [2.24, 2.45) is 0 Å². The number of rotatable bonds is 4. The normalized spacial score (nSPS) is 14.9. The van der Waals surface area contributed by atoms with Crippen LogP contribution in [-0.4, -0.2) is 36.3 Å². The van der Waals surface area contributed by atoms with Crippen molar-refractivity contribution in [1.29, 1.82) is 0 Å². The molecular formula is C19H19N3OS. The van der Waals surface area contributed by atoms with Gasteiger partial charge in [-0.25, -0.2) is 9.97 Å². The van der Waals surface area contributed by atoms with E-state index < -0.39 is 0 Å². The van der Waals surface area contributed by atoms with Crippen LogP contribution in [0.3, 0.4) is 0 Å². The second-order valence-corrected chi connectivity index (χ2v) is 6.74. The van der Waals surface area contributed by atoms with Gasteiger partial charge < -0.3 is 9.64 Å². The van der Waals surface area contributed by atoms with Crippen LogP contribution in [0.15, 0.2) is 59.9 Å². The van der Waals surface area contributed by atoms with Gasteiger partial charge in [0.15, 0.2) is 0 Å². The molecule has 1 aliphatic rings. The first-order valence-electron chi connectivity index (χ1n) is 8.14. The molecule has 4 nitrogen and oxygen atoms in total. The van der Waals surface area contributed by atoms with Crippen LogP contribution < -0.4 is 4.90 Å². The first kappa shape index (κ1) is 15.4. The van der Waals surface area contributed by atoms with Crippen LogP contribution in [0.2, 0.25) is 0 Å². The molecular weight excluding hydrogens is 318 g/mol. The van der Waals surface area contributed by atoms with E-state index in [1.54, 1.807) is 18.1 Å². The zero-order valence-corrected chi connectivity index (χ0v) is 14.2. The van der Waals surface area contributed by atoms with Crippen LogP contribution in [-0.2, 0) is 10.5 Å². The van der Waals surface area contributed by atoms with Crippen LogP contribution in [0.5, 0.6) is 0 Å². The number of anilines is 1. The first-order valence-corrected chi connectivity index (χ1v) is 9.13. The Morgan fingerprint density at radius 2 is 1.83 bits per heavy atom. The molecule has 3 aromatic rings. The fourth-order valence-electron chi connectivity index (χ4n) is 2.94. The first-order chi connectivity index (χ1) is 11.9. The largest absolute Gasteiger partial charge is 0.378 e. The van der Waals surface area contributed by atoms with Gasteiger partial charge in [0.05, 0.1) is 13.2 Å². The summed E-state index contributed by atoms with van der Waals surface area (Å²) in [6.45, 7) is 3.32. The van der Waals surface area contributed by atoms with Crippen LogP contribution in [0.4, 0.5) is 5.82 Å². The molecule has 0 radical (unpaired) electrons. The number of morpholine rings is 1. The Labute approximate surface area is 145 Å².